The molecule has 4 N–H and O–H groups in total. The third kappa shape index (κ3) is 2.52. The maximum atomic E-state index is 11.5. The highest BCUT2D eigenvalue weighted by Crippen LogP contribution is 2.02. The summed E-state index contributed by atoms with van der Waals surface area (Å²) in [7, 11) is 0. The fourth-order valence-corrected chi connectivity index (χ4v) is 0.846. The van der Waals surface area contributed by atoms with E-state index in [0.29, 0.717) is 5.82 Å². The summed E-state index contributed by atoms with van der Waals surface area (Å²) in [4.78, 5) is 26.3. The molecule has 0 aliphatic carbocycles. The molecule has 1 aromatic heterocycles. The number of amides is 2. The van der Waals surface area contributed by atoms with Crippen molar-refractivity contribution in [2.24, 2.45) is 5.73 Å². The lowest BCUT2D eigenvalue weighted by Crippen LogP contribution is -2.53. The number of H-pyrrole nitrogens is 1. The number of carbonyl (C=O) groups excluding carboxylic acids is 2. The molecule has 0 saturated carbocycles. The van der Waals surface area contributed by atoms with Crippen LogP contribution in [0.5, 0.6) is 0 Å². The van der Waals surface area contributed by atoms with Crippen LogP contribution in [0.2, 0.25) is 0 Å². The molecule has 0 radical (unpaired) electrons. The largest absolute Gasteiger partial charge is 0.368 e. The Labute approximate surface area is 86.5 Å². The molecule has 7 nitrogen and oxygen atoms in total. The van der Waals surface area contributed by atoms with Crippen molar-refractivity contribution in [1.82, 2.24) is 20.5 Å². The number of primary amides is 1. The van der Waals surface area contributed by atoms with E-state index in [1.54, 1.807) is 6.92 Å². The standard InChI is InChI=1S/C8H13N5O2/c1-4-10-5(13-12-4)6(14)11-8(2,3)7(9)15/h1-3H3,(H2,9,15)(H,11,14)(H,10,12,13). The number of hydrogen-bond donors (Lipinski definition) is 3. The molecule has 0 aliphatic rings. The van der Waals surface area contributed by atoms with E-state index in [1.165, 1.54) is 13.8 Å². The molecule has 1 rings (SSSR count). The van der Waals surface area contributed by atoms with Crippen LogP contribution in [0.25, 0.3) is 0 Å². The summed E-state index contributed by atoms with van der Waals surface area (Å²) in [6.07, 6.45) is 0. The van der Waals surface area contributed by atoms with E-state index in [2.05, 4.69) is 20.5 Å². The molecule has 1 aromatic rings. The van der Waals surface area contributed by atoms with Crippen LogP contribution < -0.4 is 11.1 Å². The van der Waals surface area contributed by atoms with Crippen molar-refractivity contribution >= 4 is 11.8 Å². The van der Waals surface area contributed by atoms with Gasteiger partial charge in [-0.15, -0.1) is 5.10 Å². The molecule has 0 saturated heterocycles. The molecule has 0 bridgehead atoms. The smallest absolute Gasteiger partial charge is 0.291 e. The number of nitrogens with two attached hydrogens (primary N) is 1. The molecule has 1 heterocycles. The zero-order valence-electron chi connectivity index (χ0n) is 8.79. The van der Waals surface area contributed by atoms with Gasteiger partial charge in [0.2, 0.25) is 11.7 Å². The third-order valence-electron chi connectivity index (χ3n) is 1.84. The van der Waals surface area contributed by atoms with E-state index in [1.807, 2.05) is 0 Å². The molecular formula is C8H13N5O2. The minimum Gasteiger partial charge on any atom is -0.368 e. The highest BCUT2D eigenvalue weighted by molar-refractivity contribution is 5.96. The number of rotatable bonds is 3. The summed E-state index contributed by atoms with van der Waals surface area (Å²) >= 11 is 0. The number of aryl methyl sites for hydroxylation is 1. The second-order valence-electron chi connectivity index (χ2n) is 3.69. The van der Waals surface area contributed by atoms with Crippen LogP contribution in [0.15, 0.2) is 0 Å². The summed E-state index contributed by atoms with van der Waals surface area (Å²) in [5.41, 5.74) is 3.98. The summed E-state index contributed by atoms with van der Waals surface area (Å²) in [5, 5.41) is 8.61. The Hall–Kier alpha value is -1.92. The lowest BCUT2D eigenvalue weighted by atomic mass is 10.1. The Morgan fingerprint density at radius 3 is 2.47 bits per heavy atom. The monoisotopic (exact) mass is 211 g/mol. The Balaban J connectivity index is 2.76. The minimum atomic E-state index is -1.12. The highest BCUT2D eigenvalue weighted by Gasteiger charge is 2.28. The van der Waals surface area contributed by atoms with Gasteiger partial charge in [-0.25, -0.2) is 4.98 Å². The molecule has 0 atom stereocenters. The maximum Gasteiger partial charge on any atom is 0.291 e. The van der Waals surface area contributed by atoms with Gasteiger partial charge in [0.1, 0.15) is 11.4 Å². The minimum absolute atomic E-state index is 0.0122. The van der Waals surface area contributed by atoms with Crippen LogP contribution in [0, 0.1) is 6.92 Å². The number of aromatic nitrogens is 3. The maximum absolute atomic E-state index is 11.5. The predicted molar refractivity (Wildman–Crippen MR) is 51.9 cm³/mol. The van der Waals surface area contributed by atoms with E-state index in [9.17, 15) is 9.59 Å². The first-order chi connectivity index (χ1) is 6.83. The van der Waals surface area contributed by atoms with Crippen LogP contribution in [-0.4, -0.2) is 32.5 Å². The first-order valence-electron chi connectivity index (χ1n) is 4.34. The van der Waals surface area contributed by atoms with Gasteiger partial charge in [0.15, 0.2) is 0 Å². The molecule has 0 aromatic carbocycles. The topological polar surface area (TPSA) is 114 Å². The van der Waals surface area contributed by atoms with Crippen LogP contribution in [0.3, 0.4) is 0 Å². The number of hydrogen-bond acceptors (Lipinski definition) is 4. The van der Waals surface area contributed by atoms with Crippen LogP contribution in [0.1, 0.15) is 30.3 Å². The van der Waals surface area contributed by atoms with Crippen molar-refractivity contribution in [2.75, 3.05) is 0 Å². The van der Waals surface area contributed by atoms with Gasteiger partial charge >= 0.3 is 0 Å². The number of carbonyl (C=O) groups is 2. The van der Waals surface area contributed by atoms with E-state index in [4.69, 9.17) is 5.73 Å². The second kappa shape index (κ2) is 3.68. The molecule has 15 heavy (non-hydrogen) atoms. The number of aromatic amines is 1. The van der Waals surface area contributed by atoms with Gasteiger partial charge in [0.25, 0.3) is 5.91 Å². The van der Waals surface area contributed by atoms with Gasteiger partial charge in [-0.2, -0.15) is 0 Å². The molecule has 0 aliphatic heterocycles. The fourth-order valence-electron chi connectivity index (χ4n) is 0.846. The van der Waals surface area contributed by atoms with E-state index in [-0.39, 0.29) is 5.82 Å². The molecule has 82 valence electrons. The summed E-state index contributed by atoms with van der Waals surface area (Å²) in [6, 6.07) is 0. The lowest BCUT2D eigenvalue weighted by Gasteiger charge is -2.20. The Morgan fingerprint density at radius 2 is 2.07 bits per heavy atom. The fraction of sp³-hybridized carbons (Fsp3) is 0.500. The molecule has 7 heteroatoms. The second-order valence-corrected chi connectivity index (χ2v) is 3.69. The quantitative estimate of drug-likeness (QED) is 0.601. The Bertz CT molecular complexity index is 395. The average molecular weight is 211 g/mol. The van der Waals surface area contributed by atoms with Crippen molar-refractivity contribution in [1.29, 1.82) is 0 Å². The summed E-state index contributed by atoms with van der Waals surface area (Å²) in [6.45, 7) is 4.68. The van der Waals surface area contributed by atoms with Crippen LogP contribution in [0.4, 0.5) is 0 Å². The SMILES string of the molecule is Cc1nc(C(=O)NC(C)(C)C(N)=O)n[nH]1. The van der Waals surface area contributed by atoms with Crippen molar-refractivity contribution in [3.8, 4) is 0 Å². The van der Waals surface area contributed by atoms with E-state index in [0.717, 1.165) is 0 Å². The van der Waals surface area contributed by atoms with Crippen molar-refractivity contribution in [2.45, 2.75) is 26.3 Å². The Kier molecular flexibility index (Phi) is 2.74. The van der Waals surface area contributed by atoms with Crippen LogP contribution >= 0.6 is 0 Å². The number of nitrogens with one attached hydrogen (secondary N) is 2. The van der Waals surface area contributed by atoms with Crippen molar-refractivity contribution in [3.63, 3.8) is 0 Å². The van der Waals surface area contributed by atoms with Crippen molar-refractivity contribution < 1.29 is 9.59 Å². The first-order valence-corrected chi connectivity index (χ1v) is 4.34. The van der Waals surface area contributed by atoms with Crippen LogP contribution in [-0.2, 0) is 4.79 Å². The van der Waals surface area contributed by atoms with Gasteiger partial charge < -0.3 is 11.1 Å². The highest BCUT2D eigenvalue weighted by atomic mass is 16.2. The predicted octanol–water partition coefficient (Wildman–Crippen LogP) is -0.893. The average Bonchev–Trinajstić information content (AvgIpc) is 2.50. The summed E-state index contributed by atoms with van der Waals surface area (Å²) in [5.74, 6) is -0.648. The first kappa shape index (κ1) is 11.2. The van der Waals surface area contributed by atoms with Gasteiger partial charge in [-0.3, -0.25) is 14.7 Å². The van der Waals surface area contributed by atoms with Gasteiger partial charge in [0, 0.05) is 0 Å². The zero-order chi connectivity index (χ0) is 11.6. The Morgan fingerprint density at radius 1 is 1.47 bits per heavy atom. The molecule has 0 unspecified atom stereocenters. The van der Waals surface area contributed by atoms with E-state index >= 15 is 0 Å². The number of nitrogens with zero attached hydrogens (tertiary/aromatic N) is 2. The summed E-state index contributed by atoms with van der Waals surface area (Å²) < 4.78 is 0. The molecule has 0 fully saturated rings. The lowest BCUT2D eigenvalue weighted by molar-refractivity contribution is -0.122. The van der Waals surface area contributed by atoms with Gasteiger partial charge in [-0.05, 0) is 20.8 Å². The van der Waals surface area contributed by atoms with Crippen molar-refractivity contribution in [3.05, 3.63) is 11.6 Å². The zero-order valence-corrected chi connectivity index (χ0v) is 8.79. The van der Waals surface area contributed by atoms with Gasteiger partial charge in [-0.1, -0.05) is 0 Å². The molecule has 0 spiro atoms. The van der Waals surface area contributed by atoms with E-state index < -0.39 is 17.4 Å². The normalized spacial score (nSPS) is 11.1. The molecule has 2 amide bonds. The van der Waals surface area contributed by atoms with Gasteiger partial charge in [0.05, 0.1) is 0 Å². The molecular weight excluding hydrogens is 198 g/mol. The third-order valence-corrected chi connectivity index (χ3v) is 1.84.